The third kappa shape index (κ3) is 7.32. The summed E-state index contributed by atoms with van der Waals surface area (Å²) in [6, 6.07) is 23.8. The SMILES string of the molecule is COc1ccc(CC(=O)N(Cc2ccccc2)[C@H](Cc2ccccc2)C(=O)NCCO)cc1OC. The number of rotatable bonds is 12. The molecule has 0 spiro atoms. The number of hydrogen-bond donors (Lipinski definition) is 2. The van der Waals surface area contributed by atoms with Crippen molar-refractivity contribution in [3.05, 3.63) is 95.6 Å². The Kier molecular flexibility index (Phi) is 9.69. The largest absolute Gasteiger partial charge is 0.493 e. The van der Waals surface area contributed by atoms with Gasteiger partial charge in [-0.25, -0.2) is 0 Å². The summed E-state index contributed by atoms with van der Waals surface area (Å²) >= 11 is 0. The number of benzene rings is 3. The van der Waals surface area contributed by atoms with Crippen molar-refractivity contribution in [1.82, 2.24) is 10.2 Å². The Bertz CT molecular complexity index is 1090. The van der Waals surface area contributed by atoms with E-state index in [9.17, 15) is 14.7 Å². The zero-order chi connectivity index (χ0) is 25.0. The van der Waals surface area contributed by atoms with Crippen LogP contribution in [0.25, 0.3) is 0 Å². The predicted octanol–water partition coefficient (Wildman–Crippen LogP) is 2.99. The summed E-state index contributed by atoms with van der Waals surface area (Å²) < 4.78 is 10.7. The van der Waals surface area contributed by atoms with E-state index < -0.39 is 6.04 Å². The van der Waals surface area contributed by atoms with Crippen molar-refractivity contribution in [3.8, 4) is 11.5 Å². The highest BCUT2D eigenvalue weighted by Crippen LogP contribution is 2.28. The van der Waals surface area contributed by atoms with Crippen LogP contribution in [0.2, 0.25) is 0 Å². The average Bonchev–Trinajstić information content (AvgIpc) is 2.90. The van der Waals surface area contributed by atoms with Gasteiger partial charge in [0.1, 0.15) is 6.04 Å². The maximum atomic E-state index is 13.7. The summed E-state index contributed by atoms with van der Waals surface area (Å²) in [6.07, 6.45) is 0.439. The summed E-state index contributed by atoms with van der Waals surface area (Å²) in [7, 11) is 3.11. The standard InChI is InChI=1S/C28H32N2O5/c1-34-25-14-13-23(18-26(25)35-2)19-27(32)30(20-22-11-7-4-8-12-22)24(28(33)29-15-16-31)17-21-9-5-3-6-10-21/h3-14,18,24,31H,15-17,19-20H2,1-2H3,(H,29,33)/t24-/m1/s1. The first-order valence-electron chi connectivity index (χ1n) is 11.5. The molecule has 0 fully saturated rings. The van der Waals surface area contributed by atoms with Crippen LogP contribution in [0.3, 0.4) is 0 Å². The number of aliphatic hydroxyl groups is 1. The highest BCUT2D eigenvalue weighted by atomic mass is 16.5. The molecule has 0 radical (unpaired) electrons. The molecule has 2 amide bonds. The molecule has 0 heterocycles. The maximum Gasteiger partial charge on any atom is 0.243 e. The minimum atomic E-state index is -0.753. The molecule has 35 heavy (non-hydrogen) atoms. The molecule has 0 saturated carbocycles. The second-order valence-corrected chi connectivity index (χ2v) is 8.09. The Morgan fingerprint density at radius 3 is 2.09 bits per heavy atom. The number of carbonyl (C=O) groups is 2. The number of ether oxygens (including phenoxy) is 2. The molecule has 3 rings (SSSR count). The fraction of sp³-hybridized carbons (Fsp3) is 0.286. The molecule has 184 valence electrons. The Hall–Kier alpha value is -3.84. The molecule has 7 heteroatoms. The van der Waals surface area contributed by atoms with E-state index >= 15 is 0 Å². The molecule has 0 unspecified atom stereocenters. The molecule has 0 aliphatic carbocycles. The summed E-state index contributed by atoms with van der Waals surface area (Å²) in [4.78, 5) is 28.5. The van der Waals surface area contributed by atoms with Gasteiger partial charge in [-0.3, -0.25) is 9.59 Å². The van der Waals surface area contributed by atoms with E-state index in [1.807, 2.05) is 66.7 Å². The number of methoxy groups -OCH3 is 2. The smallest absolute Gasteiger partial charge is 0.243 e. The fourth-order valence-corrected chi connectivity index (χ4v) is 3.90. The van der Waals surface area contributed by atoms with Crippen molar-refractivity contribution in [2.45, 2.75) is 25.4 Å². The Labute approximate surface area is 206 Å². The molecule has 7 nitrogen and oxygen atoms in total. The molecular weight excluding hydrogens is 444 g/mol. The number of nitrogens with zero attached hydrogens (tertiary/aromatic N) is 1. The quantitative estimate of drug-likeness (QED) is 0.420. The van der Waals surface area contributed by atoms with E-state index in [4.69, 9.17) is 9.47 Å². The van der Waals surface area contributed by atoms with Crippen molar-refractivity contribution < 1.29 is 24.2 Å². The van der Waals surface area contributed by atoms with Crippen LogP contribution < -0.4 is 14.8 Å². The zero-order valence-electron chi connectivity index (χ0n) is 20.1. The summed E-state index contributed by atoms with van der Waals surface area (Å²) in [5.41, 5.74) is 2.61. The van der Waals surface area contributed by atoms with Gasteiger partial charge in [0.2, 0.25) is 11.8 Å². The number of aliphatic hydroxyl groups excluding tert-OH is 1. The van der Waals surface area contributed by atoms with Gasteiger partial charge in [0.15, 0.2) is 11.5 Å². The van der Waals surface area contributed by atoms with Crippen LogP contribution >= 0.6 is 0 Å². The topological polar surface area (TPSA) is 88.1 Å². The third-order valence-electron chi connectivity index (χ3n) is 5.68. The van der Waals surface area contributed by atoms with E-state index in [1.165, 1.54) is 0 Å². The van der Waals surface area contributed by atoms with Crippen LogP contribution in [0.15, 0.2) is 78.9 Å². The van der Waals surface area contributed by atoms with Gasteiger partial charge in [-0.1, -0.05) is 66.7 Å². The molecular formula is C28H32N2O5. The van der Waals surface area contributed by atoms with Crippen LogP contribution in [0.5, 0.6) is 11.5 Å². The number of amides is 2. The molecule has 0 aliphatic heterocycles. The number of carbonyl (C=O) groups excluding carboxylic acids is 2. The highest BCUT2D eigenvalue weighted by molar-refractivity contribution is 5.88. The molecule has 0 aliphatic rings. The fourth-order valence-electron chi connectivity index (χ4n) is 3.90. The summed E-state index contributed by atoms with van der Waals surface area (Å²) in [5, 5.41) is 12.0. The first kappa shape index (κ1) is 25.8. The van der Waals surface area contributed by atoms with E-state index in [0.29, 0.717) is 17.9 Å². The van der Waals surface area contributed by atoms with Crippen molar-refractivity contribution >= 4 is 11.8 Å². The predicted molar refractivity (Wildman–Crippen MR) is 134 cm³/mol. The van der Waals surface area contributed by atoms with Gasteiger partial charge in [0, 0.05) is 19.5 Å². The van der Waals surface area contributed by atoms with Gasteiger partial charge in [-0.05, 0) is 28.8 Å². The lowest BCUT2D eigenvalue weighted by atomic mass is 10.0. The molecule has 1 atom stereocenters. The minimum Gasteiger partial charge on any atom is -0.493 e. The maximum absolute atomic E-state index is 13.7. The van der Waals surface area contributed by atoms with Gasteiger partial charge >= 0.3 is 0 Å². The Morgan fingerprint density at radius 1 is 0.857 bits per heavy atom. The normalized spacial score (nSPS) is 11.4. The minimum absolute atomic E-state index is 0.0890. The molecule has 0 saturated heterocycles. The van der Waals surface area contributed by atoms with E-state index in [2.05, 4.69) is 5.32 Å². The van der Waals surface area contributed by atoms with Crippen LogP contribution in [0.4, 0.5) is 0 Å². The lowest BCUT2D eigenvalue weighted by Gasteiger charge is -2.31. The average molecular weight is 477 g/mol. The summed E-state index contributed by atoms with van der Waals surface area (Å²) in [5.74, 6) is 0.616. The van der Waals surface area contributed by atoms with E-state index in [0.717, 1.165) is 16.7 Å². The lowest BCUT2D eigenvalue weighted by Crippen LogP contribution is -2.51. The molecule has 0 bridgehead atoms. The van der Waals surface area contributed by atoms with Crippen LogP contribution in [-0.4, -0.2) is 55.2 Å². The van der Waals surface area contributed by atoms with E-state index in [-0.39, 0.29) is 37.9 Å². The van der Waals surface area contributed by atoms with Crippen molar-refractivity contribution in [1.29, 1.82) is 0 Å². The lowest BCUT2D eigenvalue weighted by molar-refractivity contribution is -0.140. The first-order valence-corrected chi connectivity index (χ1v) is 11.5. The number of nitrogens with one attached hydrogen (secondary N) is 1. The van der Waals surface area contributed by atoms with Crippen LogP contribution in [0.1, 0.15) is 16.7 Å². The number of hydrogen-bond acceptors (Lipinski definition) is 5. The van der Waals surface area contributed by atoms with Gasteiger partial charge in [-0.2, -0.15) is 0 Å². The third-order valence-corrected chi connectivity index (χ3v) is 5.68. The zero-order valence-corrected chi connectivity index (χ0v) is 20.1. The Morgan fingerprint density at radius 2 is 1.49 bits per heavy atom. The molecule has 2 N–H and O–H groups in total. The second kappa shape index (κ2) is 13.2. The summed E-state index contributed by atoms with van der Waals surface area (Å²) in [6.45, 7) is 0.215. The first-order chi connectivity index (χ1) is 17.0. The van der Waals surface area contributed by atoms with Gasteiger partial charge in [0.25, 0.3) is 0 Å². The van der Waals surface area contributed by atoms with Gasteiger partial charge in [0.05, 0.1) is 27.2 Å². The van der Waals surface area contributed by atoms with Crippen molar-refractivity contribution in [3.63, 3.8) is 0 Å². The molecule has 3 aromatic carbocycles. The van der Waals surface area contributed by atoms with Crippen LogP contribution in [-0.2, 0) is 29.0 Å². The molecule has 3 aromatic rings. The van der Waals surface area contributed by atoms with Crippen molar-refractivity contribution in [2.75, 3.05) is 27.4 Å². The van der Waals surface area contributed by atoms with Crippen LogP contribution in [0, 0.1) is 0 Å². The van der Waals surface area contributed by atoms with Gasteiger partial charge < -0.3 is 24.8 Å². The van der Waals surface area contributed by atoms with Crippen molar-refractivity contribution in [2.24, 2.45) is 0 Å². The Balaban J connectivity index is 1.94. The van der Waals surface area contributed by atoms with Gasteiger partial charge in [-0.15, -0.1) is 0 Å². The van der Waals surface area contributed by atoms with E-state index in [1.54, 1.807) is 31.3 Å². The second-order valence-electron chi connectivity index (χ2n) is 8.09. The highest BCUT2D eigenvalue weighted by Gasteiger charge is 2.30. The monoisotopic (exact) mass is 476 g/mol. The molecule has 0 aromatic heterocycles.